The highest BCUT2D eigenvalue weighted by Crippen LogP contribution is 2.26. The van der Waals surface area contributed by atoms with E-state index in [0.717, 1.165) is 22.4 Å². The van der Waals surface area contributed by atoms with Crippen molar-refractivity contribution in [2.75, 3.05) is 7.11 Å². The first-order valence-electron chi connectivity index (χ1n) is 9.41. The van der Waals surface area contributed by atoms with E-state index in [1.165, 1.54) is 0 Å². The summed E-state index contributed by atoms with van der Waals surface area (Å²) in [5.41, 5.74) is 2.78. The summed E-state index contributed by atoms with van der Waals surface area (Å²) in [4.78, 5) is 13.0. The van der Waals surface area contributed by atoms with Crippen LogP contribution in [-0.4, -0.2) is 27.8 Å². The molecule has 0 saturated carbocycles. The molecule has 2 aromatic heterocycles. The Morgan fingerprint density at radius 1 is 1.19 bits per heavy atom. The number of H-pyrrole nitrogens is 1. The number of thiophene rings is 1. The first kappa shape index (κ1) is 21.3. The zero-order valence-corrected chi connectivity index (χ0v) is 18.9. The number of halogens is 1. The van der Waals surface area contributed by atoms with Crippen LogP contribution >= 0.6 is 35.2 Å². The largest absolute Gasteiger partial charge is 0.497 e. The number of rotatable bonds is 7. The van der Waals surface area contributed by atoms with Crippen LogP contribution in [0.15, 0.2) is 65.4 Å². The number of nitrogens with zero attached hydrogens (tertiary/aromatic N) is 2. The van der Waals surface area contributed by atoms with E-state index in [9.17, 15) is 4.79 Å². The van der Waals surface area contributed by atoms with Crippen molar-refractivity contribution in [3.05, 3.63) is 86.3 Å². The van der Waals surface area contributed by atoms with E-state index in [4.69, 9.17) is 28.6 Å². The molecule has 0 spiro atoms. The Morgan fingerprint density at radius 3 is 2.58 bits per heavy atom. The Labute approximate surface area is 193 Å². The van der Waals surface area contributed by atoms with Crippen molar-refractivity contribution in [1.29, 1.82) is 0 Å². The Hall–Kier alpha value is -2.94. The molecule has 4 rings (SSSR count). The summed E-state index contributed by atoms with van der Waals surface area (Å²) in [6.45, 7) is 0.0327. The van der Waals surface area contributed by atoms with Crippen LogP contribution in [0, 0.1) is 4.77 Å². The molecule has 2 aromatic carbocycles. The maximum absolute atomic E-state index is 13.0. The van der Waals surface area contributed by atoms with Crippen molar-refractivity contribution in [2.45, 2.75) is 12.6 Å². The predicted octanol–water partition coefficient (Wildman–Crippen LogP) is 5.24. The number of ether oxygens (including phenoxy) is 1. The molecule has 1 atom stereocenters. The zero-order chi connectivity index (χ0) is 21.8. The van der Waals surface area contributed by atoms with Crippen LogP contribution in [-0.2, 0) is 11.3 Å². The first-order chi connectivity index (χ1) is 15.0. The first-order valence-corrected chi connectivity index (χ1v) is 11.1. The van der Waals surface area contributed by atoms with E-state index in [-0.39, 0.29) is 18.5 Å². The second kappa shape index (κ2) is 9.47. The maximum atomic E-state index is 13.0. The minimum absolute atomic E-state index is 0.0327. The quantitative estimate of drug-likeness (QED) is 0.362. The van der Waals surface area contributed by atoms with E-state index in [2.05, 4.69) is 15.5 Å². The Morgan fingerprint density at radius 2 is 1.94 bits per heavy atom. The highest BCUT2D eigenvalue weighted by molar-refractivity contribution is 7.71. The molecule has 0 radical (unpaired) electrons. The Bertz CT molecular complexity index is 1220. The fourth-order valence-electron chi connectivity index (χ4n) is 3.23. The number of carbonyl (C=O) groups excluding carboxylic acids is 1. The van der Waals surface area contributed by atoms with Crippen LogP contribution in [0.4, 0.5) is 0 Å². The number of carbonyl (C=O) groups is 1. The summed E-state index contributed by atoms with van der Waals surface area (Å²) in [5.74, 6) is 1.14. The number of amides is 1. The van der Waals surface area contributed by atoms with Crippen molar-refractivity contribution in [3.8, 4) is 17.1 Å². The lowest BCUT2D eigenvalue weighted by Crippen LogP contribution is -2.32. The van der Waals surface area contributed by atoms with Gasteiger partial charge in [0.25, 0.3) is 0 Å². The number of hydrogen-bond acceptors (Lipinski definition) is 5. The van der Waals surface area contributed by atoms with Gasteiger partial charge in [0, 0.05) is 10.6 Å². The number of aromatic nitrogens is 3. The van der Waals surface area contributed by atoms with Crippen molar-refractivity contribution >= 4 is 41.1 Å². The molecule has 4 aromatic rings. The number of benzene rings is 2. The third kappa shape index (κ3) is 4.87. The van der Waals surface area contributed by atoms with Crippen LogP contribution in [0.1, 0.15) is 17.2 Å². The van der Waals surface area contributed by atoms with Gasteiger partial charge in [-0.15, -0.1) is 0 Å². The van der Waals surface area contributed by atoms with E-state index >= 15 is 0 Å². The van der Waals surface area contributed by atoms with Crippen LogP contribution in [0.2, 0.25) is 5.02 Å². The van der Waals surface area contributed by atoms with Crippen molar-refractivity contribution in [3.63, 3.8) is 0 Å². The molecule has 1 amide bonds. The lowest BCUT2D eigenvalue weighted by molar-refractivity contribution is -0.122. The molecule has 9 heteroatoms. The fraction of sp³-hybridized carbons (Fsp3) is 0.136. The average molecular weight is 471 g/mol. The molecule has 0 bridgehead atoms. The van der Waals surface area contributed by atoms with Crippen LogP contribution < -0.4 is 10.1 Å². The van der Waals surface area contributed by atoms with Gasteiger partial charge in [-0.05, 0) is 76.6 Å². The van der Waals surface area contributed by atoms with E-state index in [1.807, 2.05) is 65.4 Å². The van der Waals surface area contributed by atoms with Gasteiger partial charge < -0.3 is 10.1 Å². The summed E-state index contributed by atoms with van der Waals surface area (Å²) in [6, 6.07) is 16.6. The molecule has 2 heterocycles. The van der Waals surface area contributed by atoms with Crippen molar-refractivity contribution in [1.82, 2.24) is 20.1 Å². The second-order valence-corrected chi connectivity index (χ2v) is 8.38. The number of nitrogens with one attached hydrogen (secondary N) is 2. The third-order valence-corrected chi connectivity index (χ3v) is 6.06. The van der Waals surface area contributed by atoms with Gasteiger partial charge in [-0.3, -0.25) is 14.5 Å². The molecule has 2 N–H and O–H groups in total. The van der Waals surface area contributed by atoms with Crippen molar-refractivity contribution < 1.29 is 9.53 Å². The molecule has 0 saturated heterocycles. The second-order valence-electron chi connectivity index (χ2n) is 6.78. The highest BCUT2D eigenvalue weighted by atomic mass is 35.5. The van der Waals surface area contributed by atoms with Gasteiger partial charge in [0.2, 0.25) is 5.91 Å². The van der Waals surface area contributed by atoms with Crippen molar-refractivity contribution in [2.24, 2.45) is 0 Å². The van der Waals surface area contributed by atoms with E-state index < -0.39 is 0 Å². The third-order valence-electron chi connectivity index (χ3n) is 4.79. The molecule has 158 valence electrons. The predicted molar refractivity (Wildman–Crippen MR) is 125 cm³/mol. The molecule has 0 aliphatic heterocycles. The highest BCUT2D eigenvalue weighted by Gasteiger charge is 2.19. The Balaban J connectivity index is 1.58. The van der Waals surface area contributed by atoms with Gasteiger partial charge >= 0.3 is 0 Å². The molecule has 0 aliphatic carbocycles. The summed E-state index contributed by atoms with van der Waals surface area (Å²) in [6.07, 6.45) is 0. The number of aromatic amines is 1. The number of hydrogen-bond donors (Lipinski definition) is 2. The maximum Gasteiger partial charge on any atom is 0.240 e. The van der Waals surface area contributed by atoms with Gasteiger partial charge in [-0.1, -0.05) is 23.7 Å². The van der Waals surface area contributed by atoms with E-state index in [1.54, 1.807) is 23.0 Å². The normalized spacial score (nSPS) is 11.8. The van der Waals surface area contributed by atoms with Gasteiger partial charge in [-0.2, -0.15) is 16.4 Å². The fourth-order valence-corrected chi connectivity index (χ4v) is 4.24. The molecule has 0 fully saturated rings. The van der Waals surface area contributed by atoms with Gasteiger partial charge in [-0.25, -0.2) is 0 Å². The lowest BCUT2D eigenvalue weighted by Gasteiger charge is -2.19. The SMILES string of the molecule is COc1ccc(-c2n[nH]c(=S)n2CC(=O)NC(c2ccc(Cl)cc2)c2ccsc2)cc1. The minimum atomic E-state index is -0.290. The van der Waals surface area contributed by atoms with Gasteiger partial charge in [0.15, 0.2) is 10.6 Å². The zero-order valence-electron chi connectivity index (χ0n) is 16.5. The lowest BCUT2D eigenvalue weighted by atomic mass is 10.0. The molecule has 0 aliphatic rings. The summed E-state index contributed by atoms with van der Waals surface area (Å²) >= 11 is 13.0. The molecule has 6 nitrogen and oxygen atoms in total. The molecular formula is C22H19ClN4O2S2. The molecular weight excluding hydrogens is 452 g/mol. The van der Waals surface area contributed by atoms with Gasteiger partial charge in [0.1, 0.15) is 12.3 Å². The Kier molecular flexibility index (Phi) is 6.50. The number of methoxy groups -OCH3 is 1. The smallest absolute Gasteiger partial charge is 0.240 e. The van der Waals surface area contributed by atoms with Gasteiger partial charge in [0.05, 0.1) is 13.2 Å². The minimum Gasteiger partial charge on any atom is -0.497 e. The van der Waals surface area contributed by atoms with Crippen LogP contribution in [0.25, 0.3) is 11.4 Å². The van der Waals surface area contributed by atoms with E-state index in [0.29, 0.717) is 15.6 Å². The van der Waals surface area contributed by atoms with Crippen LogP contribution in [0.3, 0.4) is 0 Å². The summed E-state index contributed by atoms with van der Waals surface area (Å²) in [5, 5.41) is 14.8. The standard InChI is InChI=1S/C22H19ClN4O2S2/c1-29-18-8-4-15(5-9-18)21-25-26-22(30)27(21)12-19(28)24-20(16-10-11-31-13-16)14-2-6-17(23)7-3-14/h2-11,13,20H,12H2,1H3,(H,24,28)(H,26,30). The monoisotopic (exact) mass is 470 g/mol. The molecule has 1 unspecified atom stereocenters. The summed E-state index contributed by atoms with van der Waals surface area (Å²) < 4.78 is 7.26. The molecule has 31 heavy (non-hydrogen) atoms. The average Bonchev–Trinajstić information content (AvgIpc) is 3.44. The van der Waals surface area contributed by atoms with Crippen LogP contribution in [0.5, 0.6) is 5.75 Å². The topological polar surface area (TPSA) is 71.9 Å². The summed E-state index contributed by atoms with van der Waals surface area (Å²) in [7, 11) is 1.61.